The Morgan fingerprint density at radius 1 is 1.17 bits per heavy atom. The van der Waals surface area contributed by atoms with Crippen molar-refractivity contribution < 1.29 is 23.5 Å². The summed E-state index contributed by atoms with van der Waals surface area (Å²) in [6, 6.07) is 9.91. The van der Waals surface area contributed by atoms with Crippen LogP contribution in [0.1, 0.15) is 10.4 Å². The number of furan rings is 1. The predicted octanol–water partition coefficient (Wildman–Crippen LogP) is 2.27. The van der Waals surface area contributed by atoms with Crippen molar-refractivity contribution >= 4 is 12.4 Å². The summed E-state index contributed by atoms with van der Waals surface area (Å²) in [4.78, 5) is 21.4. The predicted molar refractivity (Wildman–Crippen MR) is 62.2 cm³/mol. The topological polar surface area (TPSA) is 65.7 Å². The van der Waals surface area contributed by atoms with Crippen molar-refractivity contribution in [2.24, 2.45) is 0 Å². The zero-order chi connectivity index (χ0) is 13.0. The minimum atomic E-state index is -0.397. The van der Waals surface area contributed by atoms with Gasteiger partial charge in [0.1, 0.15) is 5.76 Å². The number of hydrogen-bond acceptors (Lipinski definition) is 5. The first-order valence-electron chi connectivity index (χ1n) is 5.13. The van der Waals surface area contributed by atoms with Gasteiger partial charge in [-0.15, -0.1) is 0 Å². The van der Waals surface area contributed by atoms with E-state index in [1.54, 1.807) is 30.3 Å². The molecule has 0 bridgehead atoms. The molecule has 2 aromatic rings. The summed E-state index contributed by atoms with van der Waals surface area (Å²) >= 11 is 0. The van der Waals surface area contributed by atoms with Crippen molar-refractivity contribution in [1.82, 2.24) is 0 Å². The lowest BCUT2D eigenvalue weighted by Gasteiger charge is -2.00. The van der Waals surface area contributed by atoms with Crippen molar-refractivity contribution in [3.8, 4) is 17.3 Å². The summed E-state index contributed by atoms with van der Waals surface area (Å²) in [7, 11) is 1.33. The Bertz CT molecular complexity index is 553. The van der Waals surface area contributed by atoms with E-state index in [1.165, 1.54) is 13.2 Å². The Labute approximate surface area is 103 Å². The number of carbonyl (C=O) groups is 2. The van der Waals surface area contributed by atoms with E-state index in [4.69, 9.17) is 4.42 Å². The van der Waals surface area contributed by atoms with Crippen LogP contribution in [0.2, 0.25) is 0 Å². The molecule has 0 radical (unpaired) electrons. The number of benzene rings is 1. The maximum atomic E-state index is 11.2. The number of hydrogen-bond donors (Lipinski definition) is 0. The van der Waals surface area contributed by atoms with Crippen molar-refractivity contribution in [3.63, 3.8) is 0 Å². The summed E-state index contributed by atoms with van der Waals surface area (Å²) < 4.78 is 14.4. The van der Waals surface area contributed by atoms with Crippen molar-refractivity contribution in [3.05, 3.63) is 42.0 Å². The van der Waals surface area contributed by atoms with E-state index in [0.717, 1.165) is 5.56 Å². The Balaban J connectivity index is 2.22. The number of methoxy groups -OCH3 is 1. The highest BCUT2D eigenvalue weighted by molar-refractivity contribution is 5.89. The molecule has 0 spiro atoms. The van der Waals surface area contributed by atoms with Gasteiger partial charge in [-0.05, 0) is 18.2 Å². The molecule has 0 saturated heterocycles. The van der Waals surface area contributed by atoms with Crippen LogP contribution in [0, 0.1) is 0 Å². The van der Waals surface area contributed by atoms with Gasteiger partial charge in [0.2, 0.25) is 0 Å². The van der Waals surface area contributed by atoms with Crippen LogP contribution in [0.25, 0.3) is 11.3 Å². The van der Waals surface area contributed by atoms with Crippen LogP contribution in [0.5, 0.6) is 5.95 Å². The number of esters is 1. The van der Waals surface area contributed by atoms with E-state index in [-0.39, 0.29) is 5.95 Å². The van der Waals surface area contributed by atoms with E-state index in [9.17, 15) is 9.59 Å². The highest BCUT2D eigenvalue weighted by atomic mass is 16.6. The third-order valence-electron chi connectivity index (χ3n) is 2.34. The molecule has 1 aromatic heterocycles. The molecule has 5 nitrogen and oxygen atoms in total. The summed E-state index contributed by atoms with van der Waals surface area (Å²) in [5, 5.41) is 0. The van der Waals surface area contributed by atoms with Crippen molar-refractivity contribution in [2.45, 2.75) is 0 Å². The molecule has 0 atom stereocenters. The van der Waals surface area contributed by atoms with Crippen LogP contribution in [0.4, 0.5) is 0 Å². The van der Waals surface area contributed by atoms with Crippen LogP contribution < -0.4 is 4.74 Å². The zero-order valence-electron chi connectivity index (χ0n) is 9.58. The molecule has 0 N–H and O–H groups in total. The van der Waals surface area contributed by atoms with Gasteiger partial charge in [-0.3, -0.25) is 4.79 Å². The van der Waals surface area contributed by atoms with Crippen LogP contribution >= 0.6 is 0 Å². The second kappa shape index (κ2) is 5.18. The van der Waals surface area contributed by atoms with Gasteiger partial charge in [0.25, 0.3) is 5.95 Å². The van der Waals surface area contributed by atoms with E-state index in [1.807, 2.05) is 0 Å². The molecular weight excluding hydrogens is 236 g/mol. The first-order valence-corrected chi connectivity index (χ1v) is 5.13. The summed E-state index contributed by atoms with van der Waals surface area (Å²) in [6.07, 6.45) is 0. The molecule has 0 fully saturated rings. The van der Waals surface area contributed by atoms with E-state index in [2.05, 4.69) is 9.47 Å². The van der Waals surface area contributed by atoms with Crippen LogP contribution in [-0.4, -0.2) is 19.6 Å². The number of rotatable bonds is 4. The maximum Gasteiger partial charge on any atom is 0.337 e. The molecular formula is C13H10O5. The normalized spacial score (nSPS) is 9.83. The Hall–Kier alpha value is -2.56. The highest BCUT2D eigenvalue weighted by Crippen LogP contribution is 2.26. The van der Waals surface area contributed by atoms with Gasteiger partial charge in [0.15, 0.2) is 0 Å². The zero-order valence-corrected chi connectivity index (χ0v) is 9.58. The molecule has 0 saturated carbocycles. The van der Waals surface area contributed by atoms with Crippen molar-refractivity contribution in [1.29, 1.82) is 0 Å². The van der Waals surface area contributed by atoms with E-state index < -0.39 is 5.97 Å². The summed E-state index contributed by atoms with van der Waals surface area (Å²) in [5.74, 6) is 0.270. The Morgan fingerprint density at radius 3 is 2.50 bits per heavy atom. The number of carbonyl (C=O) groups excluding carboxylic acids is 2. The average Bonchev–Trinajstić information content (AvgIpc) is 2.87. The van der Waals surface area contributed by atoms with E-state index in [0.29, 0.717) is 17.8 Å². The maximum absolute atomic E-state index is 11.2. The molecule has 18 heavy (non-hydrogen) atoms. The molecule has 0 amide bonds. The lowest BCUT2D eigenvalue weighted by Crippen LogP contribution is -2.00. The minimum Gasteiger partial charge on any atom is -0.465 e. The van der Waals surface area contributed by atoms with Gasteiger partial charge in [-0.1, -0.05) is 12.1 Å². The van der Waals surface area contributed by atoms with Gasteiger partial charge < -0.3 is 13.9 Å². The Morgan fingerprint density at radius 2 is 1.89 bits per heavy atom. The molecule has 0 unspecified atom stereocenters. The van der Waals surface area contributed by atoms with Gasteiger partial charge in [0.05, 0.1) is 12.7 Å². The summed E-state index contributed by atoms with van der Waals surface area (Å²) in [5.41, 5.74) is 1.22. The largest absolute Gasteiger partial charge is 0.465 e. The highest BCUT2D eigenvalue weighted by Gasteiger charge is 2.08. The van der Waals surface area contributed by atoms with Crippen LogP contribution in [-0.2, 0) is 9.53 Å². The third kappa shape index (κ3) is 2.40. The van der Waals surface area contributed by atoms with Gasteiger partial charge in [-0.25, -0.2) is 4.79 Å². The molecule has 1 heterocycles. The smallest absolute Gasteiger partial charge is 0.337 e. The molecule has 2 rings (SSSR count). The third-order valence-corrected chi connectivity index (χ3v) is 2.34. The van der Waals surface area contributed by atoms with Crippen molar-refractivity contribution in [2.75, 3.05) is 7.11 Å². The fourth-order valence-electron chi connectivity index (χ4n) is 1.47. The van der Waals surface area contributed by atoms with Gasteiger partial charge in [0, 0.05) is 11.6 Å². The fourth-order valence-corrected chi connectivity index (χ4v) is 1.47. The second-order valence-electron chi connectivity index (χ2n) is 3.40. The second-order valence-corrected chi connectivity index (χ2v) is 3.40. The molecule has 1 aromatic carbocycles. The minimum absolute atomic E-state index is 0.122. The Kier molecular flexibility index (Phi) is 3.43. The lowest BCUT2D eigenvalue weighted by molar-refractivity contribution is -0.121. The molecule has 92 valence electrons. The molecule has 0 aliphatic rings. The summed E-state index contributed by atoms with van der Waals surface area (Å²) in [6.45, 7) is 0.295. The van der Waals surface area contributed by atoms with Crippen LogP contribution in [0.3, 0.4) is 0 Å². The first kappa shape index (κ1) is 11.9. The fraction of sp³-hybridized carbons (Fsp3) is 0.0769. The molecule has 5 heteroatoms. The quantitative estimate of drug-likeness (QED) is 0.611. The number of ether oxygens (including phenoxy) is 2. The standard InChI is InChI=1S/C13H10O5/c1-16-13(15)10-4-2-9(3-5-10)11-6-7-12(18-11)17-8-14/h2-8H,1H3. The average molecular weight is 246 g/mol. The SMILES string of the molecule is COC(=O)c1ccc(-c2ccc(OC=O)o2)cc1. The molecule has 0 aliphatic heterocycles. The first-order chi connectivity index (χ1) is 8.74. The molecule has 0 aliphatic carbocycles. The van der Waals surface area contributed by atoms with E-state index >= 15 is 0 Å². The van der Waals surface area contributed by atoms with Gasteiger partial charge >= 0.3 is 12.4 Å². The van der Waals surface area contributed by atoms with Crippen LogP contribution in [0.15, 0.2) is 40.8 Å². The van der Waals surface area contributed by atoms with Gasteiger partial charge in [-0.2, -0.15) is 0 Å². The monoisotopic (exact) mass is 246 g/mol. The lowest BCUT2D eigenvalue weighted by atomic mass is 10.1.